The van der Waals surface area contributed by atoms with Crippen molar-refractivity contribution in [3.05, 3.63) is 59.7 Å². The Hall–Kier alpha value is -3.44. The zero-order valence-electron chi connectivity index (χ0n) is 17.5. The minimum absolute atomic E-state index is 0.0153. The third-order valence-corrected chi connectivity index (χ3v) is 5.95. The van der Waals surface area contributed by atoms with Crippen molar-refractivity contribution in [2.75, 3.05) is 44.5 Å². The van der Waals surface area contributed by atoms with Crippen molar-refractivity contribution in [1.82, 2.24) is 4.31 Å². The number of methoxy groups -OCH3 is 2. The second-order valence-corrected chi connectivity index (χ2v) is 8.53. The van der Waals surface area contributed by atoms with Gasteiger partial charge in [-0.25, -0.2) is 13.9 Å². The van der Waals surface area contributed by atoms with Crippen LogP contribution < -0.4 is 9.62 Å². The van der Waals surface area contributed by atoms with Crippen LogP contribution in [-0.2, 0) is 24.5 Å². The maximum absolute atomic E-state index is 12.7. The third-order valence-electron chi connectivity index (χ3n) is 4.13. The number of esters is 2. The molecule has 1 N–H and O–H groups in total. The molecule has 0 spiro atoms. The largest absolute Gasteiger partial charge is 0.465 e. The van der Waals surface area contributed by atoms with Crippen molar-refractivity contribution in [2.45, 2.75) is 0 Å². The maximum Gasteiger partial charge on any atom is 0.337 e. The molecule has 0 saturated heterocycles. The van der Waals surface area contributed by atoms with E-state index in [9.17, 15) is 22.8 Å². The van der Waals surface area contributed by atoms with Crippen LogP contribution in [0, 0.1) is 0 Å². The molecule has 0 heterocycles. The highest BCUT2D eigenvalue weighted by Crippen LogP contribution is 2.20. The van der Waals surface area contributed by atoms with Gasteiger partial charge in [-0.2, -0.15) is 12.7 Å². The van der Waals surface area contributed by atoms with Crippen LogP contribution in [0.5, 0.6) is 0 Å². The molecule has 10 nitrogen and oxygen atoms in total. The molecule has 31 heavy (non-hydrogen) atoms. The van der Waals surface area contributed by atoms with Gasteiger partial charge >= 0.3 is 22.1 Å². The number of para-hydroxylation sites is 1. The van der Waals surface area contributed by atoms with E-state index in [2.05, 4.69) is 14.8 Å². The van der Waals surface area contributed by atoms with E-state index in [0.717, 1.165) is 8.61 Å². The molecule has 0 fully saturated rings. The summed E-state index contributed by atoms with van der Waals surface area (Å²) < 4.78 is 36.7. The second kappa shape index (κ2) is 10.0. The normalized spacial score (nSPS) is 11.0. The first-order chi connectivity index (χ1) is 14.6. The highest BCUT2D eigenvalue weighted by Gasteiger charge is 2.27. The van der Waals surface area contributed by atoms with Crippen molar-refractivity contribution in [3.8, 4) is 0 Å². The molecule has 11 heteroatoms. The number of benzene rings is 2. The minimum atomic E-state index is -3.97. The molecule has 2 rings (SSSR count). The Balaban J connectivity index is 2.36. The highest BCUT2D eigenvalue weighted by atomic mass is 32.2. The van der Waals surface area contributed by atoms with E-state index in [-0.39, 0.29) is 16.8 Å². The van der Waals surface area contributed by atoms with Crippen LogP contribution in [0.4, 0.5) is 11.4 Å². The SMILES string of the molecule is COC(=O)c1cc(NC(=O)CN(c2ccccc2)S(=O)(=O)N(C)C)cc(C(=O)OC)c1. The Labute approximate surface area is 180 Å². The molecule has 2 aromatic carbocycles. The monoisotopic (exact) mass is 449 g/mol. The quantitative estimate of drug-likeness (QED) is 0.606. The van der Waals surface area contributed by atoms with E-state index in [4.69, 9.17) is 0 Å². The van der Waals surface area contributed by atoms with Crippen LogP contribution in [0.25, 0.3) is 0 Å². The Bertz CT molecular complexity index is 1040. The van der Waals surface area contributed by atoms with Crippen LogP contribution in [0.15, 0.2) is 48.5 Å². The third kappa shape index (κ3) is 5.80. The van der Waals surface area contributed by atoms with Gasteiger partial charge in [0.2, 0.25) is 5.91 Å². The van der Waals surface area contributed by atoms with Gasteiger partial charge in [-0.1, -0.05) is 18.2 Å². The standard InChI is InChI=1S/C20H23N3O7S/c1-22(2)31(27,28)23(17-8-6-5-7-9-17)13-18(24)21-16-11-14(19(25)29-3)10-15(12-16)20(26)30-4/h5-12H,13H2,1-4H3,(H,21,24). The number of amides is 1. The summed E-state index contributed by atoms with van der Waals surface area (Å²) in [5.41, 5.74) is 0.427. The first kappa shape index (κ1) is 23.8. The average molecular weight is 449 g/mol. The smallest absolute Gasteiger partial charge is 0.337 e. The molecule has 2 aromatic rings. The fourth-order valence-corrected chi connectivity index (χ4v) is 3.66. The Morgan fingerprint density at radius 3 is 1.87 bits per heavy atom. The van der Waals surface area contributed by atoms with Crippen LogP contribution in [0.1, 0.15) is 20.7 Å². The summed E-state index contributed by atoms with van der Waals surface area (Å²) in [5.74, 6) is -2.13. The number of nitrogens with zero attached hydrogens (tertiary/aromatic N) is 2. The zero-order valence-corrected chi connectivity index (χ0v) is 18.3. The number of carbonyl (C=O) groups is 3. The van der Waals surface area contributed by atoms with Crippen LogP contribution in [0.3, 0.4) is 0 Å². The van der Waals surface area contributed by atoms with Crippen molar-refractivity contribution in [3.63, 3.8) is 0 Å². The maximum atomic E-state index is 12.7. The van der Waals surface area contributed by atoms with E-state index in [0.29, 0.717) is 5.69 Å². The fourth-order valence-electron chi connectivity index (χ4n) is 2.60. The van der Waals surface area contributed by atoms with Crippen LogP contribution in [-0.4, -0.2) is 65.4 Å². The Morgan fingerprint density at radius 1 is 0.903 bits per heavy atom. The van der Waals surface area contributed by atoms with Gasteiger partial charge in [0.1, 0.15) is 6.54 Å². The molecule has 0 saturated carbocycles. The number of nitrogens with one attached hydrogen (secondary N) is 1. The highest BCUT2D eigenvalue weighted by molar-refractivity contribution is 7.90. The van der Waals surface area contributed by atoms with Gasteiger partial charge in [0, 0.05) is 19.8 Å². The number of carbonyl (C=O) groups excluding carboxylic acids is 3. The predicted octanol–water partition coefficient (Wildman–Crippen LogP) is 1.51. The van der Waals surface area contributed by atoms with Gasteiger partial charge in [-0.3, -0.25) is 4.79 Å². The van der Waals surface area contributed by atoms with Gasteiger partial charge in [0.25, 0.3) is 0 Å². The predicted molar refractivity (Wildman–Crippen MR) is 114 cm³/mol. The van der Waals surface area contributed by atoms with E-state index in [1.807, 2.05) is 0 Å². The van der Waals surface area contributed by atoms with Gasteiger partial charge in [-0.05, 0) is 30.3 Å². The van der Waals surface area contributed by atoms with E-state index < -0.39 is 34.6 Å². The number of anilines is 2. The van der Waals surface area contributed by atoms with E-state index >= 15 is 0 Å². The lowest BCUT2D eigenvalue weighted by atomic mass is 10.1. The van der Waals surface area contributed by atoms with E-state index in [1.54, 1.807) is 30.3 Å². The molecule has 1 amide bonds. The van der Waals surface area contributed by atoms with Gasteiger partial charge < -0.3 is 14.8 Å². The lowest BCUT2D eigenvalue weighted by molar-refractivity contribution is -0.114. The summed E-state index contributed by atoms with van der Waals surface area (Å²) in [7, 11) is 1.08. The molecule has 0 bridgehead atoms. The fraction of sp³-hybridized carbons (Fsp3) is 0.250. The first-order valence-electron chi connectivity index (χ1n) is 8.97. The van der Waals surface area contributed by atoms with Gasteiger partial charge in [0.15, 0.2) is 0 Å². The summed E-state index contributed by atoms with van der Waals surface area (Å²) in [4.78, 5) is 36.5. The molecular formula is C20H23N3O7S. The second-order valence-electron chi connectivity index (χ2n) is 6.46. The van der Waals surface area contributed by atoms with Crippen molar-refractivity contribution < 1.29 is 32.3 Å². The summed E-state index contributed by atoms with van der Waals surface area (Å²) in [6, 6.07) is 12.0. The summed E-state index contributed by atoms with van der Waals surface area (Å²) >= 11 is 0. The molecule has 0 aliphatic carbocycles. The summed E-state index contributed by atoms with van der Waals surface area (Å²) in [6.07, 6.45) is 0. The molecule has 0 aromatic heterocycles. The number of rotatable bonds is 8. The molecule has 166 valence electrons. The number of hydrogen-bond donors (Lipinski definition) is 1. The Morgan fingerprint density at radius 2 is 1.42 bits per heavy atom. The summed E-state index contributed by atoms with van der Waals surface area (Å²) in [5, 5.41) is 2.51. The van der Waals surface area contributed by atoms with Gasteiger partial charge in [-0.15, -0.1) is 0 Å². The van der Waals surface area contributed by atoms with Crippen molar-refractivity contribution in [2.24, 2.45) is 0 Å². The minimum Gasteiger partial charge on any atom is -0.465 e. The molecule has 0 atom stereocenters. The molecule has 0 aliphatic heterocycles. The molecule has 0 radical (unpaired) electrons. The Kier molecular flexibility index (Phi) is 7.72. The van der Waals surface area contributed by atoms with Crippen molar-refractivity contribution >= 4 is 39.4 Å². The van der Waals surface area contributed by atoms with E-state index in [1.165, 1.54) is 46.5 Å². The molecular weight excluding hydrogens is 426 g/mol. The molecule has 0 unspecified atom stereocenters. The lowest BCUT2D eigenvalue weighted by Gasteiger charge is -2.26. The lowest BCUT2D eigenvalue weighted by Crippen LogP contribution is -2.44. The van der Waals surface area contributed by atoms with Crippen LogP contribution >= 0.6 is 0 Å². The number of ether oxygens (including phenoxy) is 2. The average Bonchev–Trinajstić information content (AvgIpc) is 2.76. The number of hydrogen-bond acceptors (Lipinski definition) is 7. The first-order valence-corrected chi connectivity index (χ1v) is 10.4. The van der Waals surface area contributed by atoms with Crippen LogP contribution in [0.2, 0.25) is 0 Å². The van der Waals surface area contributed by atoms with Gasteiger partial charge in [0.05, 0.1) is 31.0 Å². The van der Waals surface area contributed by atoms with Crippen molar-refractivity contribution in [1.29, 1.82) is 0 Å². The molecule has 0 aliphatic rings. The summed E-state index contributed by atoms with van der Waals surface area (Å²) in [6.45, 7) is -0.541. The topological polar surface area (TPSA) is 122 Å². The zero-order chi connectivity index (χ0) is 23.2.